The van der Waals surface area contributed by atoms with Crippen LogP contribution in [0.2, 0.25) is 0 Å². The lowest BCUT2D eigenvalue weighted by atomic mass is 9.78. The Kier molecular flexibility index (Phi) is 5.77. The Morgan fingerprint density at radius 1 is 1.08 bits per heavy atom. The molecule has 2 fully saturated rings. The van der Waals surface area contributed by atoms with Gasteiger partial charge in [-0.1, -0.05) is 56.0 Å². The zero-order valence-electron chi connectivity index (χ0n) is 15.2. The minimum Gasteiger partial charge on any atom is -0.353 e. The Bertz CT molecular complexity index is 587. The molecule has 2 saturated carbocycles. The molecule has 1 aromatic rings. The monoisotopic (exact) mass is 342 g/mol. The van der Waals surface area contributed by atoms with Crippen molar-refractivity contribution in [2.24, 2.45) is 5.92 Å². The first kappa shape index (κ1) is 18.0. The van der Waals surface area contributed by atoms with Gasteiger partial charge in [-0.25, -0.2) is 0 Å². The summed E-state index contributed by atoms with van der Waals surface area (Å²) >= 11 is 0. The van der Waals surface area contributed by atoms with Crippen LogP contribution in [0.25, 0.3) is 0 Å². The maximum absolute atomic E-state index is 12.9. The van der Waals surface area contributed by atoms with E-state index in [0.29, 0.717) is 6.54 Å². The van der Waals surface area contributed by atoms with E-state index < -0.39 is 0 Å². The first-order valence-corrected chi connectivity index (χ1v) is 9.71. The number of carbonyl (C=O) groups is 2. The minimum absolute atomic E-state index is 0.00990. The summed E-state index contributed by atoms with van der Waals surface area (Å²) in [5, 5.41) is 6.09. The molecule has 0 saturated heterocycles. The highest BCUT2D eigenvalue weighted by atomic mass is 16.2. The van der Waals surface area contributed by atoms with E-state index in [0.717, 1.165) is 38.5 Å². The van der Waals surface area contributed by atoms with Gasteiger partial charge >= 0.3 is 0 Å². The van der Waals surface area contributed by atoms with Gasteiger partial charge in [0, 0.05) is 18.9 Å². The fourth-order valence-electron chi connectivity index (χ4n) is 4.68. The topological polar surface area (TPSA) is 58.2 Å². The Balaban J connectivity index is 1.69. The van der Waals surface area contributed by atoms with Crippen LogP contribution in [-0.2, 0) is 15.0 Å². The highest BCUT2D eigenvalue weighted by molar-refractivity contribution is 5.87. The third kappa shape index (κ3) is 4.23. The molecule has 0 bridgehead atoms. The van der Waals surface area contributed by atoms with Gasteiger partial charge in [-0.3, -0.25) is 9.59 Å². The molecule has 1 aromatic carbocycles. The number of amides is 2. The van der Waals surface area contributed by atoms with Gasteiger partial charge in [0.05, 0.1) is 0 Å². The zero-order valence-corrected chi connectivity index (χ0v) is 15.2. The maximum atomic E-state index is 12.9. The molecule has 1 unspecified atom stereocenters. The molecule has 3 rings (SSSR count). The van der Waals surface area contributed by atoms with Crippen LogP contribution >= 0.6 is 0 Å². The average Bonchev–Trinajstić information content (AvgIpc) is 3.31. The van der Waals surface area contributed by atoms with Crippen molar-refractivity contribution in [1.29, 1.82) is 0 Å². The Labute approximate surface area is 150 Å². The SMILES string of the molecule is CC(=O)NC(C(=O)NCC1(c2ccccc2)CCCC1)C1CCCC1. The number of benzene rings is 1. The molecular weight excluding hydrogens is 312 g/mol. The van der Waals surface area contributed by atoms with Crippen LogP contribution in [0.5, 0.6) is 0 Å². The largest absolute Gasteiger partial charge is 0.353 e. The Morgan fingerprint density at radius 2 is 1.72 bits per heavy atom. The summed E-state index contributed by atoms with van der Waals surface area (Å²) in [4.78, 5) is 24.4. The molecule has 25 heavy (non-hydrogen) atoms. The van der Waals surface area contributed by atoms with Crippen LogP contribution in [-0.4, -0.2) is 24.4 Å². The van der Waals surface area contributed by atoms with Gasteiger partial charge in [0.15, 0.2) is 0 Å². The summed E-state index contributed by atoms with van der Waals surface area (Å²) < 4.78 is 0. The second kappa shape index (κ2) is 8.03. The van der Waals surface area contributed by atoms with Crippen LogP contribution in [0.4, 0.5) is 0 Å². The third-order valence-corrected chi connectivity index (χ3v) is 6.06. The Hall–Kier alpha value is -1.84. The molecule has 136 valence electrons. The normalized spacial score (nSPS) is 21.0. The van der Waals surface area contributed by atoms with Crippen LogP contribution < -0.4 is 10.6 Å². The molecule has 0 heterocycles. The molecule has 0 aromatic heterocycles. The summed E-state index contributed by atoms with van der Waals surface area (Å²) in [6.07, 6.45) is 9.02. The fourth-order valence-corrected chi connectivity index (χ4v) is 4.68. The Morgan fingerprint density at radius 3 is 2.32 bits per heavy atom. The van der Waals surface area contributed by atoms with Crippen molar-refractivity contribution in [3.05, 3.63) is 35.9 Å². The second-order valence-corrected chi connectivity index (χ2v) is 7.79. The molecule has 2 N–H and O–H groups in total. The highest BCUT2D eigenvalue weighted by Gasteiger charge is 2.37. The van der Waals surface area contributed by atoms with Gasteiger partial charge in [0.2, 0.25) is 11.8 Å². The molecule has 4 nitrogen and oxygen atoms in total. The van der Waals surface area contributed by atoms with Crippen LogP contribution in [0, 0.1) is 5.92 Å². The molecule has 2 aliphatic carbocycles. The van der Waals surface area contributed by atoms with Gasteiger partial charge in [-0.2, -0.15) is 0 Å². The summed E-state index contributed by atoms with van der Waals surface area (Å²) in [5.41, 5.74) is 1.37. The maximum Gasteiger partial charge on any atom is 0.242 e. The van der Waals surface area contributed by atoms with E-state index in [4.69, 9.17) is 0 Å². The van der Waals surface area contributed by atoms with Crippen molar-refractivity contribution >= 4 is 11.8 Å². The second-order valence-electron chi connectivity index (χ2n) is 7.79. The molecule has 0 spiro atoms. The molecule has 0 aliphatic heterocycles. The van der Waals surface area contributed by atoms with Crippen LogP contribution in [0.15, 0.2) is 30.3 Å². The van der Waals surface area contributed by atoms with E-state index in [1.807, 2.05) is 6.07 Å². The summed E-state index contributed by atoms with van der Waals surface area (Å²) in [7, 11) is 0. The minimum atomic E-state index is -0.380. The van der Waals surface area contributed by atoms with E-state index in [1.165, 1.54) is 25.3 Å². The van der Waals surface area contributed by atoms with Gasteiger partial charge in [-0.05, 0) is 37.2 Å². The van der Waals surface area contributed by atoms with Gasteiger partial charge in [0.1, 0.15) is 6.04 Å². The van der Waals surface area contributed by atoms with Crippen molar-refractivity contribution in [2.75, 3.05) is 6.54 Å². The standard InChI is InChI=1S/C21H30N2O2/c1-16(24)23-19(17-9-5-6-10-17)20(25)22-15-21(13-7-8-14-21)18-11-3-2-4-12-18/h2-4,11-12,17,19H,5-10,13-15H2,1H3,(H,22,25)(H,23,24). The van der Waals surface area contributed by atoms with Gasteiger partial charge in [-0.15, -0.1) is 0 Å². The van der Waals surface area contributed by atoms with E-state index in [1.54, 1.807) is 0 Å². The van der Waals surface area contributed by atoms with E-state index in [2.05, 4.69) is 34.9 Å². The van der Waals surface area contributed by atoms with Crippen molar-refractivity contribution < 1.29 is 9.59 Å². The summed E-state index contributed by atoms with van der Waals surface area (Å²) in [6.45, 7) is 2.16. The van der Waals surface area contributed by atoms with Crippen molar-refractivity contribution in [1.82, 2.24) is 10.6 Å². The predicted octanol–water partition coefficient (Wildman–Crippen LogP) is 3.31. The molecule has 0 radical (unpaired) electrons. The number of nitrogens with one attached hydrogen (secondary N) is 2. The molecular formula is C21H30N2O2. The molecule has 4 heteroatoms. The van der Waals surface area contributed by atoms with E-state index >= 15 is 0 Å². The lowest BCUT2D eigenvalue weighted by Gasteiger charge is -2.32. The molecule has 2 aliphatic rings. The number of carbonyl (C=O) groups excluding carboxylic acids is 2. The van der Waals surface area contributed by atoms with Crippen molar-refractivity contribution in [3.63, 3.8) is 0 Å². The quantitative estimate of drug-likeness (QED) is 0.833. The van der Waals surface area contributed by atoms with Crippen LogP contribution in [0.1, 0.15) is 63.9 Å². The number of hydrogen-bond acceptors (Lipinski definition) is 2. The molecule has 2 amide bonds. The average molecular weight is 342 g/mol. The third-order valence-electron chi connectivity index (χ3n) is 6.06. The smallest absolute Gasteiger partial charge is 0.242 e. The molecule has 1 atom stereocenters. The van der Waals surface area contributed by atoms with Gasteiger partial charge < -0.3 is 10.6 Å². The summed E-state index contributed by atoms with van der Waals surface area (Å²) in [6, 6.07) is 10.2. The zero-order chi connectivity index (χ0) is 17.7. The van der Waals surface area contributed by atoms with Crippen molar-refractivity contribution in [3.8, 4) is 0 Å². The summed E-state index contributed by atoms with van der Waals surface area (Å²) in [5.74, 6) is 0.148. The lowest BCUT2D eigenvalue weighted by Crippen LogP contribution is -2.52. The highest BCUT2D eigenvalue weighted by Crippen LogP contribution is 2.40. The van der Waals surface area contributed by atoms with Crippen molar-refractivity contribution in [2.45, 2.75) is 69.7 Å². The van der Waals surface area contributed by atoms with E-state index in [9.17, 15) is 9.59 Å². The number of rotatable bonds is 6. The first-order valence-electron chi connectivity index (χ1n) is 9.71. The van der Waals surface area contributed by atoms with Gasteiger partial charge in [0.25, 0.3) is 0 Å². The fraction of sp³-hybridized carbons (Fsp3) is 0.619. The first-order chi connectivity index (χ1) is 12.1. The lowest BCUT2D eigenvalue weighted by molar-refractivity contribution is -0.129. The van der Waals surface area contributed by atoms with Crippen LogP contribution in [0.3, 0.4) is 0 Å². The van der Waals surface area contributed by atoms with E-state index in [-0.39, 0.29) is 29.2 Å². The predicted molar refractivity (Wildman–Crippen MR) is 99.2 cm³/mol. The number of hydrogen-bond donors (Lipinski definition) is 2.